The van der Waals surface area contributed by atoms with Crippen molar-refractivity contribution in [3.8, 4) is 11.5 Å². The van der Waals surface area contributed by atoms with Crippen molar-refractivity contribution in [1.29, 1.82) is 0 Å². The summed E-state index contributed by atoms with van der Waals surface area (Å²) in [5, 5.41) is 5.79. The topological polar surface area (TPSA) is 136 Å². The molecule has 4 rings (SSSR count). The molecule has 3 aromatic rings. The molecule has 0 spiro atoms. The Labute approximate surface area is 227 Å². The van der Waals surface area contributed by atoms with Crippen molar-refractivity contribution < 1.29 is 32.1 Å². The van der Waals surface area contributed by atoms with Gasteiger partial charge in [-0.25, -0.2) is 10.5 Å². The molecule has 0 bridgehead atoms. The van der Waals surface area contributed by atoms with Gasteiger partial charge in [-0.2, -0.15) is 4.21 Å². The summed E-state index contributed by atoms with van der Waals surface area (Å²) in [4.78, 5) is 30.4. The predicted molar refractivity (Wildman–Crippen MR) is 144 cm³/mol. The average molecular weight is 560 g/mol. The summed E-state index contributed by atoms with van der Waals surface area (Å²) < 4.78 is 35.1. The molecule has 0 fully saturated rings. The second-order valence-electron chi connectivity index (χ2n) is 8.59. The Morgan fingerprint density at radius 1 is 1.13 bits per heavy atom. The lowest BCUT2D eigenvalue weighted by atomic mass is 10.0. The first-order valence-electron chi connectivity index (χ1n) is 12.2. The van der Waals surface area contributed by atoms with E-state index in [4.69, 9.17) is 14.0 Å². The van der Waals surface area contributed by atoms with Gasteiger partial charge in [-0.05, 0) is 48.7 Å². The lowest BCUT2D eigenvalue weighted by Gasteiger charge is -2.17. The maximum Gasteiger partial charge on any atom is 0.324 e. The fourth-order valence-electron chi connectivity index (χ4n) is 3.85. The highest BCUT2D eigenvalue weighted by Gasteiger charge is 2.20. The number of hydrogen-bond donors (Lipinski definition) is 3. The number of aromatic nitrogens is 1. The third-order valence-electron chi connectivity index (χ3n) is 5.84. The lowest BCUT2D eigenvalue weighted by molar-refractivity contribution is -0.121. The normalized spacial score (nSPS) is 14.3. The van der Waals surface area contributed by atoms with E-state index < -0.39 is 11.4 Å². The Morgan fingerprint density at radius 3 is 2.61 bits per heavy atom. The van der Waals surface area contributed by atoms with Crippen LogP contribution in [0.4, 0.5) is 5.69 Å². The second kappa shape index (κ2) is 13.5. The van der Waals surface area contributed by atoms with Crippen LogP contribution in [-0.2, 0) is 33.3 Å². The number of ketones is 1. The largest absolute Gasteiger partial charge is 0.490 e. The number of anilines is 1. The number of hydrogen-bond acceptors (Lipinski definition) is 9. The maximum absolute atomic E-state index is 12.9. The Morgan fingerprint density at radius 2 is 1.89 bits per heavy atom. The van der Waals surface area contributed by atoms with Gasteiger partial charge < -0.3 is 14.8 Å². The zero-order valence-electron chi connectivity index (χ0n) is 20.8. The van der Waals surface area contributed by atoms with Crippen molar-refractivity contribution in [1.82, 2.24) is 10.3 Å². The molecule has 38 heavy (non-hydrogen) atoms. The van der Waals surface area contributed by atoms with E-state index in [1.54, 1.807) is 30.3 Å². The molecular formula is C26H29N3O7S2. The molecule has 10 nitrogen and oxygen atoms in total. The number of fused-ring (bicyclic) bond motifs is 1. The molecule has 2 heterocycles. The summed E-state index contributed by atoms with van der Waals surface area (Å²) in [6, 6.07) is 11.8. The highest BCUT2D eigenvalue weighted by Crippen LogP contribution is 2.31. The summed E-state index contributed by atoms with van der Waals surface area (Å²) in [6.07, 6.45) is 2.13. The standard InChI is InChI=1S/C26H29N3O7S2/c1-2-19-16-37-26(27-19)21(14-17-4-7-20(8-5-17)29-36-38(32)33)28-25(31)11-9-22(30)18-6-10-23-24(15-18)35-13-3-12-34-23/h4-8,10,15-16,21,29H,2-3,9,11-14H2,1H3,(H,28,31)(H,32,33)/t21-/m0/s1. The van der Waals surface area contributed by atoms with Crippen LogP contribution in [-0.4, -0.2) is 38.6 Å². The molecule has 1 amide bonds. The highest BCUT2D eigenvalue weighted by atomic mass is 32.2. The predicted octanol–water partition coefficient (Wildman–Crippen LogP) is 4.41. The van der Waals surface area contributed by atoms with E-state index in [1.165, 1.54) is 11.3 Å². The zero-order valence-corrected chi connectivity index (χ0v) is 22.4. The number of carbonyl (C=O) groups is 2. The summed E-state index contributed by atoms with van der Waals surface area (Å²) in [5.74, 6) is 0.770. The van der Waals surface area contributed by atoms with Gasteiger partial charge in [0.05, 0.1) is 30.6 Å². The van der Waals surface area contributed by atoms with Gasteiger partial charge in [0, 0.05) is 30.2 Å². The van der Waals surface area contributed by atoms with Crippen LogP contribution in [0.5, 0.6) is 11.5 Å². The molecule has 0 saturated heterocycles. The number of thiazole rings is 1. The van der Waals surface area contributed by atoms with E-state index >= 15 is 0 Å². The first-order chi connectivity index (χ1) is 18.4. The number of Topliss-reactive ketones (excluding diaryl/α,β-unsaturated/α-hetero) is 1. The van der Waals surface area contributed by atoms with Crippen molar-refractivity contribution in [2.24, 2.45) is 0 Å². The number of ether oxygens (including phenoxy) is 2. The minimum absolute atomic E-state index is 0.0360. The Bertz CT molecular complexity index is 1280. The molecule has 1 unspecified atom stereocenters. The quantitative estimate of drug-likeness (QED) is 0.167. The van der Waals surface area contributed by atoms with Crippen LogP contribution in [0.25, 0.3) is 0 Å². The van der Waals surface area contributed by atoms with Crippen molar-refractivity contribution in [2.45, 2.75) is 45.1 Å². The monoisotopic (exact) mass is 559 g/mol. The summed E-state index contributed by atoms with van der Waals surface area (Å²) in [5.41, 5.74) is 5.24. The molecule has 1 aromatic heterocycles. The molecule has 1 aliphatic rings. The number of carbonyl (C=O) groups excluding carboxylic acids is 2. The molecule has 0 aliphatic carbocycles. The van der Waals surface area contributed by atoms with Crippen molar-refractivity contribution >= 4 is 40.1 Å². The van der Waals surface area contributed by atoms with Gasteiger partial charge in [0.2, 0.25) is 5.91 Å². The minimum atomic E-state index is -2.43. The molecular weight excluding hydrogens is 530 g/mol. The van der Waals surface area contributed by atoms with E-state index in [9.17, 15) is 13.8 Å². The highest BCUT2D eigenvalue weighted by molar-refractivity contribution is 7.74. The van der Waals surface area contributed by atoms with Crippen LogP contribution < -0.4 is 20.3 Å². The number of rotatable bonds is 12. The van der Waals surface area contributed by atoms with Gasteiger partial charge in [0.15, 0.2) is 17.3 Å². The van der Waals surface area contributed by atoms with Crippen LogP contribution >= 0.6 is 11.3 Å². The molecule has 12 heteroatoms. The fourth-order valence-corrected chi connectivity index (χ4v) is 4.97. The molecule has 202 valence electrons. The molecule has 0 radical (unpaired) electrons. The van der Waals surface area contributed by atoms with Gasteiger partial charge in [0.25, 0.3) is 0 Å². The lowest BCUT2D eigenvalue weighted by Crippen LogP contribution is -2.30. The Kier molecular flexibility index (Phi) is 9.82. The molecule has 2 atom stereocenters. The van der Waals surface area contributed by atoms with Crippen LogP contribution in [0.2, 0.25) is 0 Å². The molecule has 0 saturated carbocycles. The second-order valence-corrected chi connectivity index (χ2v) is 10.1. The minimum Gasteiger partial charge on any atom is -0.490 e. The van der Waals surface area contributed by atoms with E-state index in [2.05, 4.69) is 20.1 Å². The van der Waals surface area contributed by atoms with Gasteiger partial charge in [0.1, 0.15) is 5.01 Å². The van der Waals surface area contributed by atoms with E-state index in [0.29, 0.717) is 42.4 Å². The third-order valence-corrected chi connectivity index (χ3v) is 7.07. The first-order valence-corrected chi connectivity index (χ1v) is 14.1. The van der Waals surface area contributed by atoms with Crippen molar-refractivity contribution in [3.63, 3.8) is 0 Å². The number of amides is 1. The van der Waals surface area contributed by atoms with Crippen LogP contribution in [0.15, 0.2) is 47.8 Å². The van der Waals surface area contributed by atoms with Crippen LogP contribution in [0, 0.1) is 0 Å². The average Bonchev–Trinajstić information content (AvgIpc) is 3.28. The molecule has 1 aliphatic heterocycles. The first kappa shape index (κ1) is 27.7. The molecule has 3 N–H and O–H groups in total. The van der Waals surface area contributed by atoms with Crippen LogP contribution in [0.3, 0.4) is 0 Å². The van der Waals surface area contributed by atoms with Crippen LogP contribution in [0.1, 0.15) is 58.9 Å². The van der Waals surface area contributed by atoms with Gasteiger partial charge in [-0.3, -0.25) is 14.1 Å². The zero-order chi connectivity index (χ0) is 26.9. The fraction of sp³-hybridized carbons (Fsp3) is 0.346. The van der Waals surface area contributed by atoms with E-state index in [0.717, 1.165) is 29.1 Å². The smallest absolute Gasteiger partial charge is 0.324 e. The Hall–Kier alpha value is -3.32. The van der Waals surface area contributed by atoms with E-state index in [1.807, 2.05) is 24.4 Å². The summed E-state index contributed by atoms with van der Waals surface area (Å²) in [7, 11) is 0. The van der Waals surface area contributed by atoms with Crippen molar-refractivity contribution in [2.75, 3.05) is 18.7 Å². The maximum atomic E-state index is 12.9. The van der Waals surface area contributed by atoms with Gasteiger partial charge in [-0.15, -0.1) is 15.6 Å². The number of benzene rings is 2. The van der Waals surface area contributed by atoms with Gasteiger partial charge >= 0.3 is 11.4 Å². The summed E-state index contributed by atoms with van der Waals surface area (Å²) in [6.45, 7) is 3.12. The summed E-state index contributed by atoms with van der Waals surface area (Å²) >= 11 is -0.950. The third kappa shape index (κ3) is 7.84. The number of aryl methyl sites for hydroxylation is 1. The SMILES string of the molecule is CCc1csc([C@H](Cc2ccc(NOS(=O)O)cc2)NC(=O)CCC(=O)c2ccc3c(c2)OCCCO3)n1. The van der Waals surface area contributed by atoms with Gasteiger partial charge in [-0.1, -0.05) is 19.1 Å². The number of nitrogens with zero attached hydrogens (tertiary/aromatic N) is 1. The Balaban J connectivity index is 1.38. The number of nitrogens with one attached hydrogen (secondary N) is 2. The van der Waals surface area contributed by atoms with E-state index in [-0.39, 0.29) is 30.6 Å². The molecule has 2 aromatic carbocycles. The van der Waals surface area contributed by atoms with Crippen molar-refractivity contribution in [3.05, 3.63) is 69.7 Å².